The first-order valence-electron chi connectivity index (χ1n) is 3.56. The summed E-state index contributed by atoms with van der Waals surface area (Å²) in [7, 11) is 1.60. The summed E-state index contributed by atoms with van der Waals surface area (Å²) in [5, 5.41) is 0. The van der Waals surface area contributed by atoms with Gasteiger partial charge in [-0.15, -0.1) is 0 Å². The molecule has 0 radical (unpaired) electrons. The smallest absolute Gasteiger partial charge is 0.139 e. The van der Waals surface area contributed by atoms with Crippen molar-refractivity contribution in [3.63, 3.8) is 0 Å². The molecule has 3 nitrogen and oxygen atoms in total. The normalized spacial score (nSPS) is 9.64. The molecule has 0 aliphatic carbocycles. The Labute approximate surface area is 66.2 Å². The first kappa shape index (κ1) is 7.85. The minimum Gasteiger partial charge on any atom is -0.495 e. The molecular weight excluding hydrogens is 140 g/mol. The molecule has 0 aliphatic rings. The largest absolute Gasteiger partial charge is 0.495 e. The lowest BCUT2D eigenvalue weighted by Gasteiger charge is -2.03. The number of nitrogens with two attached hydrogens (primary N) is 1. The van der Waals surface area contributed by atoms with Gasteiger partial charge in [0.05, 0.1) is 24.7 Å². The van der Waals surface area contributed by atoms with Crippen LogP contribution in [0.1, 0.15) is 12.6 Å². The summed E-state index contributed by atoms with van der Waals surface area (Å²) in [4.78, 5) is 4.12. The maximum Gasteiger partial charge on any atom is 0.139 e. The number of hydrogen-bond acceptors (Lipinski definition) is 3. The molecule has 0 bridgehead atoms. The minimum absolute atomic E-state index is 0.701. The number of hydrogen-bond donors (Lipinski definition) is 1. The van der Waals surface area contributed by atoms with Crippen LogP contribution in [-0.4, -0.2) is 12.1 Å². The summed E-state index contributed by atoms with van der Waals surface area (Å²) in [6.07, 6.45) is 2.53. The van der Waals surface area contributed by atoms with Gasteiger partial charge in [-0.1, -0.05) is 6.92 Å². The Morgan fingerprint density at radius 1 is 1.64 bits per heavy atom. The van der Waals surface area contributed by atoms with Gasteiger partial charge in [0.25, 0.3) is 0 Å². The number of aryl methyl sites for hydroxylation is 1. The molecule has 1 aromatic rings. The number of pyridine rings is 1. The Morgan fingerprint density at radius 3 is 2.82 bits per heavy atom. The van der Waals surface area contributed by atoms with E-state index in [1.165, 1.54) is 0 Å². The van der Waals surface area contributed by atoms with Crippen LogP contribution >= 0.6 is 0 Å². The van der Waals surface area contributed by atoms with Crippen LogP contribution in [0.4, 0.5) is 5.69 Å². The number of nitrogens with zero attached hydrogens (tertiary/aromatic N) is 1. The van der Waals surface area contributed by atoms with E-state index in [9.17, 15) is 0 Å². The van der Waals surface area contributed by atoms with Crippen molar-refractivity contribution < 1.29 is 4.74 Å². The second kappa shape index (κ2) is 3.23. The Hall–Kier alpha value is -1.25. The summed E-state index contributed by atoms with van der Waals surface area (Å²) >= 11 is 0. The zero-order valence-electron chi connectivity index (χ0n) is 6.79. The molecule has 0 unspecified atom stereocenters. The molecule has 2 N–H and O–H groups in total. The number of aromatic nitrogens is 1. The van der Waals surface area contributed by atoms with Crippen LogP contribution in [0.15, 0.2) is 12.3 Å². The fraction of sp³-hybridized carbons (Fsp3) is 0.375. The summed E-state index contributed by atoms with van der Waals surface area (Å²) < 4.78 is 4.95. The monoisotopic (exact) mass is 152 g/mol. The average molecular weight is 152 g/mol. The van der Waals surface area contributed by atoms with Crippen LogP contribution in [0, 0.1) is 0 Å². The molecular formula is C8H12N2O. The highest BCUT2D eigenvalue weighted by Crippen LogP contribution is 2.16. The predicted octanol–water partition coefficient (Wildman–Crippen LogP) is 1.23. The van der Waals surface area contributed by atoms with Crippen molar-refractivity contribution in [1.29, 1.82) is 0 Å². The quantitative estimate of drug-likeness (QED) is 0.693. The van der Waals surface area contributed by atoms with E-state index in [1.807, 2.05) is 6.92 Å². The summed E-state index contributed by atoms with van der Waals surface area (Å²) in [5.41, 5.74) is 7.29. The molecule has 1 aromatic heterocycles. The van der Waals surface area contributed by atoms with Gasteiger partial charge in [0.15, 0.2) is 0 Å². The van der Waals surface area contributed by atoms with Crippen molar-refractivity contribution in [3.05, 3.63) is 18.0 Å². The fourth-order valence-corrected chi connectivity index (χ4v) is 0.897. The van der Waals surface area contributed by atoms with Gasteiger partial charge >= 0.3 is 0 Å². The van der Waals surface area contributed by atoms with Gasteiger partial charge in [-0.05, 0) is 6.42 Å². The van der Waals surface area contributed by atoms with Crippen LogP contribution in [0.25, 0.3) is 0 Å². The van der Waals surface area contributed by atoms with E-state index in [0.717, 1.165) is 12.1 Å². The van der Waals surface area contributed by atoms with Gasteiger partial charge in [-0.2, -0.15) is 0 Å². The van der Waals surface area contributed by atoms with Gasteiger partial charge < -0.3 is 10.5 Å². The maximum atomic E-state index is 5.66. The summed E-state index contributed by atoms with van der Waals surface area (Å²) in [6, 6.07) is 1.78. The van der Waals surface area contributed by atoms with E-state index in [0.29, 0.717) is 11.4 Å². The summed E-state index contributed by atoms with van der Waals surface area (Å²) in [6.45, 7) is 2.02. The Kier molecular flexibility index (Phi) is 2.31. The van der Waals surface area contributed by atoms with E-state index < -0.39 is 0 Å². The summed E-state index contributed by atoms with van der Waals surface area (Å²) in [5.74, 6) is 0.708. The molecule has 0 amide bonds. The van der Waals surface area contributed by atoms with E-state index in [1.54, 1.807) is 19.4 Å². The number of methoxy groups -OCH3 is 1. The SMILES string of the molecule is CCc1ncc(OC)cc1N. The highest BCUT2D eigenvalue weighted by molar-refractivity contribution is 5.46. The lowest BCUT2D eigenvalue weighted by molar-refractivity contribution is 0.413. The van der Waals surface area contributed by atoms with Gasteiger partial charge in [0.1, 0.15) is 5.75 Å². The lowest BCUT2D eigenvalue weighted by Crippen LogP contribution is -1.97. The number of rotatable bonds is 2. The molecule has 0 saturated carbocycles. The minimum atomic E-state index is 0.701. The van der Waals surface area contributed by atoms with Crippen molar-refractivity contribution in [3.8, 4) is 5.75 Å². The second-order valence-electron chi connectivity index (χ2n) is 2.26. The van der Waals surface area contributed by atoms with Gasteiger partial charge in [0.2, 0.25) is 0 Å². The molecule has 0 spiro atoms. The first-order chi connectivity index (χ1) is 5.27. The Morgan fingerprint density at radius 2 is 2.36 bits per heavy atom. The van der Waals surface area contributed by atoms with Crippen LogP contribution in [0.2, 0.25) is 0 Å². The second-order valence-corrected chi connectivity index (χ2v) is 2.26. The third-order valence-electron chi connectivity index (χ3n) is 1.55. The van der Waals surface area contributed by atoms with Gasteiger partial charge in [0, 0.05) is 6.07 Å². The van der Waals surface area contributed by atoms with Gasteiger partial charge in [-0.25, -0.2) is 0 Å². The van der Waals surface area contributed by atoms with E-state index in [2.05, 4.69) is 4.98 Å². The fourth-order valence-electron chi connectivity index (χ4n) is 0.897. The molecule has 11 heavy (non-hydrogen) atoms. The van der Waals surface area contributed by atoms with E-state index in [-0.39, 0.29) is 0 Å². The third kappa shape index (κ3) is 1.61. The highest BCUT2D eigenvalue weighted by atomic mass is 16.5. The topological polar surface area (TPSA) is 48.1 Å². The standard InChI is InChI=1S/C8H12N2O/c1-3-8-7(9)4-6(11-2)5-10-8/h4-5H,3,9H2,1-2H3. The molecule has 1 heterocycles. The van der Waals surface area contributed by atoms with Gasteiger partial charge in [-0.3, -0.25) is 4.98 Å². The molecule has 0 atom stereocenters. The first-order valence-corrected chi connectivity index (χ1v) is 3.56. The third-order valence-corrected chi connectivity index (χ3v) is 1.55. The van der Waals surface area contributed by atoms with Crippen molar-refractivity contribution in [2.24, 2.45) is 0 Å². The van der Waals surface area contributed by atoms with Crippen molar-refractivity contribution >= 4 is 5.69 Å². The number of anilines is 1. The highest BCUT2D eigenvalue weighted by Gasteiger charge is 1.98. The zero-order chi connectivity index (χ0) is 8.27. The van der Waals surface area contributed by atoms with Crippen LogP contribution in [0.3, 0.4) is 0 Å². The van der Waals surface area contributed by atoms with Crippen LogP contribution in [-0.2, 0) is 6.42 Å². The van der Waals surface area contributed by atoms with E-state index >= 15 is 0 Å². The molecule has 60 valence electrons. The Balaban J connectivity index is 2.99. The maximum absolute atomic E-state index is 5.66. The van der Waals surface area contributed by atoms with Crippen molar-refractivity contribution in [2.45, 2.75) is 13.3 Å². The Bertz CT molecular complexity index is 248. The predicted molar refractivity (Wildman–Crippen MR) is 44.6 cm³/mol. The molecule has 1 rings (SSSR count). The van der Waals surface area contributed by atoms with Crippen LogP contribution < -0.4 is 10.5 Å². The number of nitrogen functional groups attached to an aromatic ring is 1. The van der Waals surface area contributed by atoms with Crippen molar-refractivity contribution in [1.82, 2.24) is 4.98 Å². The van der Waals surface area contributed by atoms with Crippen molar-refractivity contribution in [2.75, 3.05) is 12.8 Å². The lowest BCUT2D eigenvalue weighted by atomic mass is 10.2. The average Bonchev–Trinajstić information content (AvgIpc) is 2.04. The van der Waals surface area contributed by atoms with E-state index in [4.69, 9.17) is 10.5 Å². The molecule has 0 saturated heterocycles. The molecule has 0 aromatic carbocycles. The zero-order valence-corrected chi connectivity index (χ0v) is 6.79. The molecule has 3 heteroatoms. The number of ether oxygens (including phenoxy) is 1. The molecule has 0 aliphatic heterocycles. The molecule has 0 fully saturated rings. The van der Waals surface area contributed by atoms with Crippen LogP contribution in [0.5, 0.6) is 5.75 Å².